The van der Waals surface area contributed by atoms with Crippen LogP contribution in [0.4, 0.5) is 5.82 Å². The van der Waals surface area contributed by atoms with Gasteiger partial charge in [0.25, 0.3) is 0 Å². The number of halogens is 2. The molecule has 1 atom stereocenters. The summed E-state index contributed by atoms with van der Waals surface area (Å²) in [5, 5.41) is 12.8. The van der Waals surface area contributed by atoms with Crippen molar-refractivity contribution in [3.63, 3.8) is 0 Å². The second-order valence-corrected chi connectivity index (χ2v) is 4.60. The third-order valence-corrected chi connectivity index (χ3v) is 3.00. The summed E-state index contributed by atoms with van der Waals surface area (Å²) in [6, 6.07) is 0. The monoisotopic (exact) mass is 316 g/mol. The van der Waals surface area contributed by atoms with Crippen LogP contribution in [0.2, 0.25) is 5.28 Å². The Morgan fingerprint density at radius 3 is 3.18 bits per heavy atom. The molecule has 7 heteroatoms. The van der Waals surface area contributed by atoms with Gasteiger partial charge in [0.2, 0.25) is 5.28 Å². The fraction of sp³-hybridized carbons (Fsp3) is 0.300. The van der Waals surface area contributed by atoms with Crippen molar-refractivity contribution in [2.24, 2.45) is 4.99 Å². The summed E-state index contributed by atoms with van der Waals surface area (Å²) in [7, 11) is 0. The van der Waals surface area contributed by atoms with E-state index in [2.05, 4.69) is 36.2 Å². The van der Waals surface area contributed by atoms with Gasteiger partial charge in [-0.25, -0.2) is 4.98 Å². The van der Waals surface area contributed by atoms with Crippen LogP contribution in [0.25, 0.3) is 0 Å². The fourth-order valence-corrected chi connectivity index (χ4v) is 1.85. The fourth-order valence-electron chi connectivity index (χ4n) is 1.38. The lowest BCUT2D eigenvalue weighted by molar-refractivity contribution is 0.219. The predicted molar refractivity (Wildman–Crippen MR) is 70.4 cm³/mol. The summed E-state index contributed by atoms with van der Waals surface area (Å²) < 4.78 is 0.719. The molecule has 0 spiro atoms. The largest absolute Gasteiger partial charge is 0.368 e. The standard InChI is InChI=1S/C10H10BrClN4O/c11-7-5-15-10(12)16-8(7)14-4-6-2-1-3-13-9(6)17/h2-3,5,9,17H,1,4H2,(H,14,15,16). The van der Waals surface area contributed by atoms with E-state index in [1.807, 2.05) is 6.08 Å². The Labute approximate surface area is 112 Å². The van der Waals surface area contributed by atoms with Gasteiger partial charge < -0.3 is 10.4 Å². The van der Waals surface area contributed by atoms with Crippen molar-refractivity contribution in [1.82, 2.24) is 9.97 Å². The molecule has 0 saturated heterocycles. The van der Waals surface area contributed by atoms with Gasteiger partial charge in [0.1, 0.15) is 5.82 Å². The second kappa shape index (κ2) is 5.57. The SMILES string of the molecule is OC1N=CCC=C1CNc1nc(Cl)ncc1Br. The molecule has 1 aliphatic rings. The van der Waals surface area contributed by atoms with Crippen LogP contribution >= 0.6 is 27.5 Å². The Morgan fingerprint density at radius 1 is 1.59 bits per heavy atom. The van der Waals surface area contributed by atoms with Crippen LogP contribution in [0.3, 0.4) is 0 Å². The highest BCUT2D eigenvalue weighted by molar-refractivity contribution is 9.10. The topological polar surface area (TPSA) is 70.4 Å². The van der Waals surface area contributed by atoms with Gasteiger partial charge >= 0.3 is 0 Å². The average molecular weight is 318 g/mol. The van der Waals surface area contributed by atoms with E-state index < -0.39 is 6.23 Å². The molecule has 2 heterocycles. The maximum Gasteiger partial charge on any atom is 0.224 e. The number of nitrogens with zero attached hydrogens (tertiary/aromatic N) is 3. The van der Waals surface area contributed by atoms with Crippen LogP contribution in [-0.4, -0.2) is 34.1 Å². The first-order chi connectivity index (χ1) is 8.16. The maximum atomic E-state index is 9.59. The van der Waals surface area contributed by atoms with Gasteiger partial charge in [-0.05, 0) is 33.1 Å². The van der Waals surface area contributed by atoms with Crippen molar-refractivity contribution < 1.29 is 5.11 Å². The molecule has 90 valence electrons. The molecule has 1 aromatic heterocycles. The minimum atomic E-state index is -0.771. The van der Waals surface area contributed by atoms with Gasteiger partial charge in [-0.1, -0.05) is 6.08 Å². The normalized spacial score (nSPS) is 19.0. The number of nitrogens with one attached hydrogen (secondary N) is 1. The van der Waals surface area contributed by atoms with Gasteiger partial charge in [0, 0.05) is 25.4 Å². The lowest BCUT2D eigenvalue weighted by Crippen LogP contribution is -2.19. The van der Waals surface area contributed by atoms with Gasteiger partial charge in [0.05, 0.1) is 4.47 Å². The highest BCUT2D eigenvalue weighted by Crippen LogP contribution is 2.21. The molecule has 0 radical (unpaired) electrons. The number of dihydropyridines is 1. The highest BCUT2D eigenvalue weighted by atomic mass is 79.9. The van der Waals surface area contributed by atoms with Crippen molar-refractivity contribution in [2.45, 2.75) is 12.6 Å². The number of hydrogen-bond acceptors (Lipinski definition) is 5. The van der Waals surface area contributed by atoms with Crippen LogP contribution < -0.4 is 5.32 Å². The first kappa shape index (κ1) is 12.5. The molecule has 1 unspecified atom stereocenters. The van der Waals surface area contributed by atoms with E-state index in [4.69, 9.17) is 11.6 Å². The molecule has 0 amide bonds. The van der Waals surface area contributed by atoms with Gasteiger partial charge in [0.15, 0.2) is 6.23 Å². The van der Waals surface area contributed by atoms with Crippen LogP contribution in [0.5, 0.6) is 0 Å². The zero-order chi connectivity index (χ0) is 12.3. The molecule has 2 N–H and O–H groups in total. The van der Waals surface area contributed by atoms with E-state index in [1.165, 1.54) is 0 Å². The first-order valence-electron chi connectivity index (χ1n) is 4.97. The van der Waals surface area contributed by atoms with Crippen LogP contribution in [0.15, 0.2) is 27.3 Å². The van der Waals surface area contributed by atoms with E-state index >= 15 is 0 Å². The summed E-state index contributed by atoms with van der Waals surface area (Å²) in [4.78, 5) is 11.8. The van der Waals surface area contributed by atoms with Crippen LogP contribution in [-0.2, 0) is 0 Å². The van der Waals surface area contributed by atoms with Gasteiger partial charge in [-0.15, -0.1) is 0 Å². The van der Waals surface area contributed by atoms with Crippen LogP contribution in [0, 0.1) is 0 Å². The number of hydrogen-bond donors (Lipinski definition) is 2. The molecule has 2 rings (SSSR count). The Hall–Kier alpha value is -0.980. The summed E-state index contributed by atoms with van der Waals surface area (Å²) in [6.07, 6.45) is 5.15. The number of aromatic nitrogens is 2. The zero-order valence-electron chi connectivity index (χ0n) is 8.77. The Bertz CT molecular complexity index is 477. The number of aliphatic imine (C=N–C) groups is 1. The minimum absolute atomic E-state index is 0.173. The Balaban J connectivity index is 2.02. The second-order valence-electron chi connectivity index (χ2n) is 3.41. The molecule has 0 bridgehead atoms. The van der Waals surface area contributed by atoms with Crippen molar-refractivity contribution in [1.29, 1.82) is 0 Å². The molecule has 0 fully saturated rings. The molecule has 0 aromatic carbocycles. The summed E-state index contributed by atoms with van der Waals surface area (Å²) in [5.74, 6) is 0.590. The number of rotatable bonds is 3. The number of aliphatic hydroxyl groups excluding tert-OH is 1. The lowest BCUT2D eigenvalue weighted by Gasteiger charge is -2.15. The highest BCUT2D eigenvalue weighted by Gasteiger charge is 2.12. The molecule has 1 aliphatic heterocycles. The van der Waals surface area contributed by atoms with Crippen molar-refractivity contribution in [3.8, 4) is 0 Å². The maximum absolute atomic E-state index is 9.59. The third-order valence-electron chi connectivity index (χ3n) is 2.24. The van der Waals surface area contributed by atoms with E-state index in [0.29, 0.717) is 12.4 Å². The Kier molecular flexibility index (Phi) is 4.09. The molecule has 0 saturated carbocycles. The van der Waals surface area contributed by atoms with Gasteiger partial charge in [-0.2, -0.15) is 4.98 Å². The molecule has 17 heavy (non-hydrogen) atoms. The zero-order valence-corrected chi connectivity index (χ0v) is 11.1. The Morgan fingerprint density at radius 2 is 2.41 bits per heavy atom. The smallest absolute Gasteiger partial charge is 0.224 e. The summed E-state index contributed by atoms with van der Waals surface area (Å²) in [5.41, 5.74) is 0.814. The molecular weight excluding hydrogens is 307 g/mol. The number of aliphatic hydroxyl groups is 1. The molecular formula is C10H10BrClN4O. The van der Waals surface area contributed by atoms with Crippen LogP contribution in [0.1, 0.15) is 6.42 Å². The van der Waals surface area contributed by atoms with Gasteiger partial charge in [-0.3, -0.25) is 4.99 Å². The third kappa shape index (κ3) is 3.24. The average Bonchev–Trinajstić information content (AvgIpc) is 2.32. The van der Waals surface area contributed by atoms with Crippen molar-refractivity contribution >= 4 is 39.6 Å². The molecule has 0 aliphatic carbocycles. The van der Waals surface area contributed by atoms with E-state index in [-0.39, 0.29) is 5.28 Å². The summed E-state index contributed by atoms with van der Waals surface area (Å²) >= 11 is 9.01. The minimum Gasteiger partial charge on any atom is -0.368 e. The first-order valence-corrected chi connectivity index (χ1v) is 6.14. The lowest BCUT2D eigenvalue weighted by atomic mass is 10.1. The number of anilines is 1. The van der Waals surface area contributed by atoms with E-state index in [1.54, 1.807) is 12.4 Å². The predicted octanol–water partition coefficient (Wildman–Crippen LogP) is 2.02. The summed E-state index contributed by atoms with van der Waals surface area (Å²) in [6.45, 7) is 0.463. The molecule has 1 aromatic rings. The molecule has 5 nitrogen and oxygen atoms in total. The van der Waals surface area contributed by atoms with E-state index in [0.717, 1.165) is 16.5 Å². The van der Waals surface area contributed by atoms with E-state index in [9.17, 15) is 5.11 Å². The quantitative estimate of drug-likeness (QED) is 0.661. The number of allylic oxidation sites excluding steroid dienone is 1. The van der Waals surface area contributed by atoms with Crippen molar-refractivity contribution in [2.75, 3.05) is 11.9 Å². The van der Waals surface area contributed by atoms with Crippen molar-refractivity contribution in [3.05, 3.63) is 27.6 Å².